The van der Waals surface area contributed by atoms with Crippen LogP contribution < -0.4 is 0 Å². The van der Waals surface area contributed by atoms with Gasteiger partial charge in [-0.2, -0.15) is 0 Å². The lowest BCUT2D eigenvalue weighted by Crippen LogP contribution is -2.17. The quantitative estimate of drug-likeness (QED) is 0.304. The smallest absolute Gasteiger partial charge is 0.303 e. The number of aliphatic hydroxyl groups is 2. The average Bonchev–Trinajstić information content (AvgIpc) is 3.16. The lowest BCUT2D eigenvalue weighted by molar-refractivity contribution is -0.137. The molecule has 3 N–H and O–H groups in total. The van der Waals surface area contributed by atoms with Crippen molar-refractivity contribution in [3.63, 3.8) is 0 Å². The third kappa shape index (κ3) is 7.82. The van der Waals surface area contributed by atoms with Gasteiger partial charge in [-0.3, -0.25) is 4.79 Å². The van der Waals surface area contributed by atoms with E-state index < -0.39 is 12.1 Å². The van der Waals surface area contributed by atoms with Crippen molar-refractivity contribution in [1.82, 2.24) is 0 Å². The van der Waals surface area contributed by atoms with Crippen molar-refractivity contribution in [2.75, 3.05) is 0 Å². The minimum atomic E-state index is -0.759. The third-order valence-electron chi connectivity index (χ3n) is 5.35. The van der Waals surface area contributed by atoms with Gasteiger partial charge in [-0.05, 0) is 85.7 Å². The molecule has 1 aromatic rings. The molecule has 1 unspecified atom stereocenters. The zero-order chi connectivity index (χ0) is 20.5. The Morgan fingerprint density at radius 3 is 2.86 bits per heavy atom. The second kappa shape index (κ2) is 11.9. The first kappa shape index (κ1) is 23.3. The molecule has 2 rings (SSSR count). The van der Waals surface area contributed by atoms with Gasteiger partial charge in [0, 0.05) is 20.6 Å². The van der Waals surface area contributed by atoms with Crippen molar-refractivity contribution < 1.29 is 20.1 Å². The van der Waals surface area contributed by atoms with E-state index in [1.165, 1.54) is 9.75 Å². The first-order chi connectivity index (χ1) is 13.4. The predicted molar refractivity (Wildman–Crippen MR) is 118 cm³/mol. The Bertz CT molecular complexity index is 663. The van der Waals surface area contributed by atoms with Crippen molar-refractivity contribution in [3.05, 3.63) is 44.6 Å². The number of carbonyl (C=O) groups is 1. The van der Waals surface area contributed by atoms with Crippen LogP contribution in [0, 0.1) is 18.8 Å². The highest BCUT2D eigenvalue weighted by atomic mass is 79.9. The molecule has 0 bridgehead atoms. The summed E-state index contributed by atoms with van der Waals surface area (Å²) in [7, 11) is 0. The molecule has 4 nitrogen and oxygen atoms in total. The molecule has 1 saturated carbocycles. The number of carboxylic acids is 1. The van der Waals surface area contributed by atoms with Crippen molar-refractivity contribution in [2.24, 2.45) is 11.8 Å². The van der Waals surface area contributed by atoms with Gasteiger partial charge in [-0.15, -0.1) is 11.3 Å². The van der Waals surface area contributed by atoms with E-state index in [0.717, 1.165) is 36.6 Å². The monoisotopic (exact) mass is 470 g/mol. The largest absolute Gasteiger partial charge is 0.481 e. The van der Waals surface area contributed by atoms with Crippen LogP contribution in [-0.4, -0.2) is 33.5 Å². The van der Waals surface area contributed by atoms with Gasteiger partial charge in [0.15, 0.2) is 0 Å². The normalized spacial score (nSPS) is 23.8. The Kier molecular flexibility index (Phi) is 9.92. The predicted octanol–water partition coefficient (Wildman–Crippen LogP) is 5.26. The van der Waals surface area contributed by atoms with Crippen LogP contribution in [0.15, 0.2) is 34.8 Å². The zero-order valence-electron chi connectivity index (χ0n) is 16.4. The van der Waals surface area contributed by atoms with Crippen LogP contribution in [0.25, 0.3) is 0 Å². The van der Waals surface area contributed by atoms with Gasteiger partial charge in [0.05, 0.1) is 12.2 Å². The molecule has 4 atom stereocenters. The molecule has 1 heterocycles. The molecule has 0 aliphatic heterocycles. The fraction of sp³-hybridized carbons (Fsp3) is 0.591. The number of aliphatic carboxylic acids is 1. The molecular formula is C22H31BrO4S. The van der Waals surface area contributed by atoms with Crippen LogP contribution in [0.1, 0.15) is 54.7 Å². The van der Waals surface area contributed by atoms with E-state index in [9.17, 15) is 15.0 Å². The molecule has 1 fully saturated rings. The van der Waals surface area contributed by atoms with Crippen molar-refractivity contribution in [1.29, 1.82) is 0 Å². The SMILES string of the molecule is Cc1sc(CC[C@H](O)/C=C/[C@H]2CCC(O)[C@@H]2C/C=C\CCCC(=O)O)cc1Br. The van der Waals surface area contributed by atoms with E-state index in [1.807, 2.05) is 12.2 Å². The molecule has 28 heavy (non-hydrogen) atoms. The van der Waals surface area contributed by atoms with E-state index in [2.05, 4.69) is 41.1 Å². The number of thiophene rings is 1. The molecule has 1 aliphatic rings. The number of halogens is 1. The molecule has 6 heteroatoms. The summed E-state index contributed by atoms with van der Waals surface area (Å²) in [6.45, 7) is 2.08. The minimum absolute atomic E-state index is 0.176. The number of carboxylic acid groups (broad SMARTS) is 1. The van der Waals surface area contributed by atoms with Crippen LogP contribution >= 0.6 is 27.3 Å². The second-order valence-electron chi connectivity index (χ2n) is 7.57. The number of hydrogen-bond acceptors (Lipinski definition) is 4. The van der Waals surface area contributed by atoms with E-state index >= 15 is 0 Å². The highest BCUT2D eigenvalue weighted by Gasteiger charge is 2.32. The van der Waals surface area contributed by atoms with Crippen LogP contribution in [0.5, 0.6) is 0 Å². The summed E-state index contributed by atoms with van der Waals surface area (Å²) in [5.41, 5.74) is 0. The van der Waals surface area contributed by atoms with Crippen LogP contribution in [-0.2, 0) is 11.2 Å². The summed E-state index contributed by atoms with van der Waals surface area (Å²) < 4.78 is 1.14. The van der Waals surface area contributed by atoms with Gasteiger partial charge >= 0.3 is 5.97 Å². The first-order valence-corrected chi connectivity index (χ1v) is 11.6. The van der Waals surface area contributed by atoms with E-state index in [4.69, 9.17) is 5.11 Å². The first-order valence-electron chi connectivity index (χ1n) is 10.0. The second-order valence-corrected chi connectivity index (χ2v) is 9.77. The maximum atomic E-state index is 10.5. The van der Waals surface area contributed by atoms with Gasteiger partial charge in [0.25, 0.3) is 0 Å². The number of aryl methyl sites for hydroxylation is 2. The summed E-state index contributed by atoms with van der Waals surface area (Å²) in [4.78, 5) is 13.1. The van der Waals surface area contributed by atoms with Crippen molar-refractivity contribution in [2.45, 2.75) is 70.5 Å². The Labute approximate surface area is 180 Å². The number of unbranched alkanes of at least 4 members (excludes halogenated alkanes) is 1. The van der Waals surface area contributed by atoms with Crippen molar-refractivity contribution in [3.8, 4) is 0 Å². The Morgan fingerprint density at radius 2 is 2.18 bits per heavy atom. The molecule has 1 aromatic heterocycles. The van der Waals surface area contributed by atoms with Crippen molar-refractivity contribution >= 4 is 33.2 Å². The maximum Gasteiger partial charge on any atom is 0.303 e. The minimum Gasteiger partial charge on any atom is -0.481 e. The van der Waals surface area contributed by atoms with Crippen LogP contribution in [0.4, 0.5) is 0 Å². The van der Waals surface area contributed by atoms with Gasteiger partial charge in [0.2, 0.25) is 0 Å². The molecule has 1 aliphatic carbocycles. The Morgan fingerprint density at radius 1 is 1.39 bits per heavy atom. The summed E-state index contributed by atoms with van der Waals surface area (Å²) in [5.74, 6) is -0.299. The lowest BCUT2D eigenvalue weighted by Gasteiger charge is -2.18. The number of rotatable bonds is 11. The maximum absolute atomic E-state index is 10.5. The highest BCUT2D eigenvalue weighted by molar-refractivity contribution is 9.10. The van der Waals surface area contributed by atoms with Gasteiger partial charge in [0.1, 0.15) is 0 Å². The molecule has 156 valence electrons. The average molecular weight is 471 g/mol. The fourth-order valence-corrected chi connectivity index (χ4v) is 5.31. The van der Waals surface area contributed by atoms with Crippen LogP contribution in [0.3, 0.4) is 0 Å². The van der Waals surface area contributed by atoms with E-state index in [1.54, 1.807) is 11.3 Å². The fourth-order valence-electron chi connectivity index (χ4n) is 3.69. The summed E-state index contributed by atoms with van der Waals surface area (Å²) in [6, 6.07) is 2.13. The Balaban J connectivity index is 1.76. The molecule has 0 saturated heterocycles. The summed E-state index contributed by atoms with van der Waals surface area (Å²) in [5, 5.41) is 29.2. The Hall–Kier alpha value is -0.950. The van der Waals surface area contributed by atoms with E-state index in [0.29, 0.717) is 12.8 Å². The standard InChI is InChI=1S/C22H31BrO4S/c1-15-20(23)14-18(28-15)12-11-17(24)10-8-16-9-13-21(25)19(16)6-4-2-3-5-7-22(26)27/h2,4,8,10,14,16-17,19,21,24-25H,3,5-7,9,11-13H2,1H3,(H,26,27)/b4-2-,10-8+/t16-,17+,19+,21?/m0/s1. The molecule has 0 spiro atoms. The van der Waals surface area contributed by atoms with Gasteiger partial charge < -0.3 is 15.3 Å². The molecule has 0 aromatic carbocycles. The van der Waals surface area contributed by atoms with Gasteiger partial charge in [-0.1, -0.05) is 24.3 Å². The molecule has 0 amide bonds. The van der Waals surface area contributed by atoms with Crippen LogP contribution in [0.2, 0.25) is 0 Å². The topological polar surface area (TPSA) is 77.8 Å². The van der Waals surface area contributed by atoms with Gasteiger partial charge in [-0.25, -0.2) is 0 Å². The number of aliphatic hydroxyl groups excluding tert-OH is 2. The zero-order valence-corrected chi connectivity index (χ0v) is 18.8. The number of allylic oxidation sites excluding steroid dienone is 3. The summed E-state index contributed by atoms with van der Waals surface area (Å²) in [6.07, 6.45) is 13.0. The molecule has 0 radical (unpaired) electrons. The lowest BCUT2D eigenvalue weighted by atomic mass is 9.90. The number of hydrogen-bond donors (Lipinski definition) is 3. The summed E-state index contributed by atoms with van der Waals surface area (Å²) >= 11 is 5.29. The molecular weight excluding hydrogens is 440 g/mol. The van der Waals surface area contributed by atoms with E-state index in [-0.39, 0.29) is 24.4 Å². The highest BCUT2D eigenvalue weighted by Crippen LogP contribution is 2.36. The third-order valence-corrected chi connectivity index (χ3v) is 7.55.